The van der Waals surface area contributed by atoms with Crippen LogP contribution in [0.1, 0.15) is 50.5 Å². The van der Waals surface area contributed by atoms with Gasteiger partial charge in [0.1, 0.15) is 12.1 Å². The molecule has 2 heterocycles. The first-order valence-electron chi connectivity index (χ1n) is 14.2. The number of hydrogen-bond acceptors (Lipinski definition) is 4. The van der Waals surface area contributed by atoms with E-state index in [1.165, 1.54) is 6.42 Å². The van der Waals surface area contributed by atoms with Gasteiger partial charge in [0.2, 0.25) is 5.91 Å². The number of halogens is 2. The fourth-order valence-electron chi connectivity index (χ4n) is 6.21. The Bertz CT molecular complexity index is 1210. The number of amides is 4. The van der Waals surface area contributed by atoms with Crippen LogP contribution in [0.25, 0.3) is 0 Å². The van der Waals surface area contributed by atoms with Gasteiger partial charge >= 0.3 is 6.03 Å². The fraction of sp³-hybridized carbons (Fsp3) is 0.500. The van der Waals surface area contributed by atoms with Crippen molar-refractivity contribution in [1.29, 1.82) is 0 Å². The number of nitrogens with zero attached hydrogens (tertiary/aromatic N) is 3. The summed E-state index contributed by atoms with van der Waals surface area (Å²) in [5.74, 6) is -0.271. The number of piperidine rings is 1. The van der Waals surface area contributed by atoms with Gasteiger partial charge in [-0.1, -0.05) is 66.7 Å². The molecule has 5 rings (SSSR count). The van der Waals surface area contributed by atoms with E-state index in [1.807, 2.05) is 41.3 Å². The largest absolute Gasteiger partial charge is 0.354 e. The van der Waals surface area contributed by atoms with Crippen molar-refractivity contribution in [3.05, 3.63) is 64.1 Å². The molecule has 1 saturated carbocycles. The molecule has 40 heavy (non-hydrogen) atoms. The summed E-state index contributed by atoms with van der Waals surface area (Å²) >= 11 is 12.2. The van der Waals surface area contributed by atoms with Crippen LogP contribution in [0.15, 0.2) is 48.5 Å². The Kier molecular flexibility index (Phi) is 9.06. The second-order valence-electron chi connectivity index (χ2n) is 11.0. The van der Waals surface area contributed by atoms with E-state index in [0.717, 1.165) is 36.9 Å². The van der Waals surface area contributed by atoms with Crippen LogP contribution in [0, 0.1) is 0 Å². The van der Waals surface area contributed by atoms with Crippen LogP contribution >= 0.6 is 23.2 Å². The van der Waals surface area contributed by atoms with Gasteiger partial charge in [-0.3, -0.25) is 9.59 Å². The summed E-state index contributed by atoms with van der Waals surface area (Å²) in [4.78, 5) is 45.4. The zero-order valence-electron chi connectivity index (χ0n) is 22.7. The molecule has 1 spiro atoms. The Hall–Kier alpha value is -2.97. The molecule has 1 aliphatic carbocycles. The van der Waals surface area contributed by atoms with Crippen molar-refractivity contribution in [2.24, 2.45) is 0 Å². The molecule has 0 atom stereocenters. The molecule has 10 heteroatoms. The van der Waals surface area contributed by atoms with E-state index < -0.39 is 5.54 Å². The van der Waals surface area contributed by atoms with Gasteiger partial charge in [-0.25, -0.2) is 4.79 Å². The van der Waals surface area contributed by atoms with Crippen LogP contribution in [0.4, 0.5) is 10.5 Å². The van der Waals surface area contributed by atoms with Crippen LogP contribution in [0.2, 0.25) is 10.0 Å². The van der Waals surface area contributed by atoms with E-state index in [1.54, 1.807) is 17.0 Å². The van der Waals surface area contributed by atoms with E-state index in [4.69, 9.17) is 23.2 Å². The first-order chi connectivity index (χ1) is 19.4. The lowest BCUT2D eigenvalue weighted by molar-refractivity contribution is -0.137. The van der Waals surface area contributed by atoms with Gasteiger partial charge in [-0.15, -0.1) is 0 Å². The summed E-state index contributed by atoms with van der Waals surface area (Å²) in [6.07, 6.45) is 7.23. The number of urea groups is 1. The normalized spacial score (nSPS) is 19.2. The highest BCUT2D eigenvalue weighted by atomic mass is 35.5. The standard InChI is InChI=1S/C30H37Cl2N5O3/c31-23-12-11-22(26(32)19-23)13-16-33-27(38)20-36-21-37(25-9-5-2-6-10-25)30(28(36)39)14-17-35(18-15-30)29(40)34-24-7-3-1-4-8-24/h2,5-6,9-12,19,24H,1,3-4,7-8,13-18,20-21H2,(H,33,38)(H,34,40). The maximum Gasteiger partial charge on any atom is 0.317 e. The molecule has 3 aliphatic rings. The Morgan fingerprint density at radius 3 is 2.40 bits per heavy atom. The lowest BCUT2D eigenvalue weighted by Crippen LogP contribution is -2.59. The molecular weight excluding hydrogens is 549 g/mol. The van der Waals surface area contributed by atoms with Gasteiger partial charge in [0, 0.05) is 41.4 Å². The molecule has 2 saturated heterocycles. The SMILES string of the molecule is O=C(CN1CN(c2ccccc2)C2(CCN(C(=O)NC3CCCCC3)CC2)C1=O)NCCc1ccc(Cl)cc1Cl. The Morgan fingerprint density at radius 1 is 0.975 bits per heavy atom. The number of carbonyl (C=O) groups is 3. The third-order valence-corrected chi connectivity index (χ3v) is 9.05. The predicted octanol–water partition coefficient (Wildman–Crippen LogP) is 4.84. The van der Waals surface area contributed by atoms with E-state index >= 15 is 0 Å². The zero-order chi connectivity index (χ0) is 28.1. The fourth-order valence-corrected chi connectivity index (χ4v) is 6.71. The number of rotatable bonds is 7. The van der Waals surface area contributed by atoms with Gasteiger partial charge in [0.05, 0.1) is 6.67 Å². The van der Waals surface area contributed by atoms with E-state index in [2.05, 4.69) is 15.5 Å². The second kappa shape index (κ2) is 12.7. The third kappa shape index (κ3) is 6.33. The number of para-hydroxylation sites is 1. The van der Waals surface area contributed by atoms with Crippen molar-refractivity contribution >= 4 is 46.7 Å². The number of benzene rings is 2. The lowest BCUT2D eigenvalue weighted by Gasteiger charge is -2.43. The Labute approximate surface area is 246 Å². The van der Waals surface area contributed by atoms with Gasteiger partial charge < -0.3 is 25.3 Å². The third-order valence-electron chi connectivity index (χ3n) is 8.46. The summed E-state index contributed by atoms with van der Waals surface area (Å²) in [6, 6.07) is 15.4. The maximum absolute atomic E-state index is 13.9. The molecule has 0 bridgehead atoms. The van der Waals surface area contributed by atoms with Crippen LogP contribution < -0.4 is 15.5 Å². The van der Waals surface area contributed by atoms with Gasteiger partial charge in [-0.05, 0) is 61.9 Å². The smallest absolute Gasteiger partial charge is 0.317 e. The monoisotopic (exact) mass is 585 g/mol. The molecule has 0 unspecified atom stereocenters. The van der Waals surface area contributed by atoms with Gasteiger partial charge in [0.15, 0.2) is 0 Å². The predicted molar refractivity (Wildman–Crippen MR) is 158 cm³/mol. The average Bonchev–Trinajstić information content (AvgIpc) is 3.21. The lowest BCUT2D eigenvalue weighted by atomic mass is 9.85. The highest BCUT2D eigenvalue weighted by molar-refractivity contribution is 6.35. The summed E-state index contributed by atoms with van der Waals surface area (Å²) in [5, 5.41) is 7.26. The number of likely N-dealkylation sites (tertiary alicyclic amines) is 1. The molecule has 3 fully saturated rings. The minimum Gasteiger partial charge on any atom is -0.354 e. The van der Waals surface area contributed by atoms with Crippen molar-refractivity contribution in [3.63, 3.8) is 0 Å². The topological polar surface area (TPSA) is 85.0 Å². The highest BCUT2D eigenvalue weighted by Crippen LogP contribution is 2.39. The number of nitrogens with one attached hydrogen (secondary N) is 2. The summed E-state index contributed by atoms with van der Waals surface area (Å²) in [7, 11) is 0. The molecule has 2 aromatic rings. The molecular formula is C30H37Cl2N5O3. The average molecular weight is 587 g/mol. The van der Waals surface area contributed by atoms with Crippen molar-refractivity contribution in [3.8, 4) is 0 Å². The quantitative estimate of drug-likeness (QED) is 0.487. The van der Waals surface area contributed by atoms with Crippen LogP contribution in [0.3, 0.4) is 0 Å². The minimum atomic E-state index is -0.778. The van der Waals surface area contributed by atoms with E-state index in [0.29, 0.717) is 55.6 Å². The molecule has 0 radical (unpaired) electrons. The van der Waals surface area contributed by atoms with E-state index in [-0.39, 0.29) is 30.4 Å². The van der Waals surface area contributed by atoms with Crippen molar-refractivity contribution in [1.82, 2.24) is 20.4 Å². The number of carbonyl (C=O) groups excluding carboxylic acids is 3. The highest BCUT2D eigenvalue weighted by Gasteiger charge is 2.54. The molecule has 2 aliphatic heterocycles. The Balaban J connectivity index is 1.21. The molecule has 2 aromatic carbocycles. The number of hydrogen-bond donors (Lipinski definition) is 2. The second-order valence-corrected chi connectivity index (χ2v) is 11.9. The van der Waals surface area contributed by atoms with Crippen LogP contribution in [-0.2, 0) is 16.0 Å². The maximum atomic E-state index is 13.9. The molecule has 8 nitrogen and oxygen atoms in total. The van der Waals surface area contributed by atoms with E-state index in [9.17, 15) is 14.4 Å². The van der Waals surface area contributed by atoms with Gasteiger partial charge in [0.25, 0.3) is 5.91 Å². The summed E-state index contributed by atoms with van der Waals surface area (Å²) in [5.41, 5.74) is 1.06. The van der Waals surface area contributed by atoms with Crippen molar-refractivity contribution < 1.29 is 14.4 Å². The molecule has 4 amide bonds. The Morgan fingerprint density at radius 2 is 1.70 bits per heavy atom. The van der Waals surface area contributed by atoms with Gasteiger partial charge in [-0.2, -0.15) is 0 Å². The van der Waals surface area contributed by atoms with Crippen LogP contribution in [0.5, 0.6) is 0 Å². The zero-order valence-corrected chi connectivity index (χ0v) is 24.2. The minimum absolute atomic E-state index is 0.0237. The molecule has 214 valence electrons. The van der Waals surface area contributed by atoms with Crippen LogP contribution in [-0.4, -0.2) is 72.1 Å². The first kappa shape index (κ1) is 28.6. The summed E-state index contributed by atoms with van der Waals surface area (Å²) < 4.78 is 0. The van der Waals surface area contributed by atoms with Crippen molar-refractivity contribution in [2.75, 3.05) is 37.7 Å². The molecule has 0 aromatic heterocycles. The van der Waals surface area contributed by atoms with Crippen molar-refractivity contribution in [2.45, 2.75) is 62.9 Å². The molecule has 2 N–H and O–H groups in total. The summed E-state index contributed by atoms with van der Waals surface area (Å²) in [6.45, 7) is 1.70. The first-order valence-corrected chi connectivity index (χ1v) is 15.0. The number of anilines is 1.